The molecule has 1 saturated heterocycles. The number of halogens is 2. The van der Waals surface area contributed by atoms with E-state index in [1.807, 2.05) is 35.2 Å². The summed E-state index contributed by atoms with van der Waals surface area (Å²) in [6.07, 6.45) is 2.22. The average molecular weight is 375 g/mol. The Morgan fingerprint density at radius 3 is 2.38 bits per heavy atom. The molecule has 0 aliphatic carbocycles. The standard InChI is InChI=1S/C21H23FN2O.ClH/c22-19-7-5-16(6-8-19)13-23-11-9-17(10-12-23)14-24-15-18-3-1-2-4-20(18)21(24)25;/h1-8,17H,9-15H2;1H. The van der Waals surface area contributed by atoms with Gasteiger partial charge in [0.05, 0.1) is 0 Å². The topological polar surface area (TPSA) is 23.6 Å². The normalized spacial score (nSPS) is 17.9. The zero-order chi connectivity index (χ0) is 17.2. The number of piperidine rings is 1. The number of carbonyl (C=O) groups is 1. The van der Waals surface area contributed by atoms with Gasteiger partial charge < -0.3 is 4.90 Å². The van der Waals surface area contributed by atoms with Gasteiger partial charge in [0.15, 0.2) is 0 Å². The van der Waals surface area contributed by atoms with Crippen LogP contribution in [0.4, 0.5) is 4.39 Å². The minimum atomic E-state index is -0.182. The monoisotopic (exact) mass is 374 g/mol. The Morgan fingerprint density at radius 2 is 1.69 bits per heavy atom. The van der Waals surface area contributed by atoms with E-state index in [0.29, 0.717) is 5.92 Å². The highest BCUT2D eigenvalue weighted by atomic mass is 35.5. The van der Waals surface area contributed by atoms with Crippen molar-refractivity contribution in [2.75, 3.05) is 19.6 Å². The summed E-state index contributed by atoms with van der Waals surface area (Å²) >= 11 is 0. The second kappa shape index (κ2) is 8.19. The van der Waals surface area contributed by atoms with E-state index in [0.717, 1.165) is 62.3 Å². The fourth-order valence-corrected chi connectivity index (χ4v) is 3.95. The summed E-state index contributed by atoms with van der Waals surface area (Å²) in [5.74, 6) is 0.575. The summed E-state index contributed by atoms with van der Waals surface area (Å²) in [6, 6.07) is 14.7. The molecule has 0 radical (unpaired) electrons. The first kappa shape index (κ1) is 18.9. The Kier molecular flexibility index (Phi) is 5.94. The van der Waals surface area contributed by atoms with Crippen molar-refractivity contribution in [3.8, 4) is 0 Å². The van der Waals surface area contributed by atoms with Crippen molar-refractivity contribution < 1.29 is 9.18 Å². The third-order valence-electron chi connectivity index (χ3n) is 5.40. The summed E-state index contributed by atoms with van der Waals surface area (Å²) in [5, 5.41) is 0. The lowest BCUT2D eigenvalue weighted by atomic mass is 9.96. The molecule has 26 heavy (non-hydrogen) atoms. The van der Waals surface area contributed by atoms with Gasteiger partial charge in [0, 0.05) is 25.2 Å². The van der Waals surface area contributed by atoms with Gasteiger partial charge in [0.25, 0.3) is 5.91 Å². The van der Waals surface area contributed by atoms with Crippen molar-refractivity contribution in [1.29, 1.82) is 0 Å². The Morgan fingerprint density at radius 1 is 1.00 bits per heavy atom. The largest absolute Gasteiger partial charge is 0.334 e. The molecule has 2 aliphatic heterocycles. The molecule has 0 bridgehead atoms. The van der Waals surface area contributed by atoms with Crippen LogP contribution in [0.3, 0.4) is 0 Å². The molecule has 1 fully saturated rings. The van der Waals surface area contributed by atoms with E-state index < -0.39 is 0 Å². The second-order valence-corrected chi connectivity index (χ2v) is 7.19. The fraction of sp³-hybridized carbons (Fsp3) is 0.381. The van der Waals surface area contributed by atoms with Crippen LogP contribution in [-0.4, -0.2) is 35.3 Å². The number of rotatable bonds is 4. The van der Waals surface area contributed by atoms with Gasteiger partial charge >= 0.3 is 0 Å². The van der Waals surface area contributed by atoms with Gasteiger partial charge in [-0.1, -0.05) is 30.3 Å². The maximum absolute atomic E-state index is 13.0. The van der Waals surface area contributed by atoms with E-state index in [2.05, 4.69) is 11.0 Å². The number of likely N-dealkylation sites (tertiary alicyclic amines) is 1. The lowest BCUT2D eigenvalue weighted by molar-refractivity contribution is 0.0711. The molecule has 2 aliphatic rings. The SMILES string of the molecule is Cl.O=C1c2ccccc2CN1CC1CCN(Cc2ccc(F)cc2)CC1. The summed E-state index contributed by atoms with van der Waals surface area (Å²) in [5.41, 5.74) is 3.18. The maximum Gasteiger partial charge on any atom is 0.254 e. The van der Waals surface area contributed by atoms with Crippen LogP contribution in [0, 0.1) is 11.7 Å². The highest BCUT2D eigenvalue weighted by Gasteiger charge is 2.30. The Balaban J connectivity index is 0.00000196. The Labute approximate surface area is 160 Å². The van der Waals surface area contributed by atoms with Crippen LogP contribution < -0.4 is 0 Å². The van der Waals surface area contributed by atoms with Crippen LogP contribution >= 0.6 is 12.4 Å². The van der Waals surface area contributed by atoms with E-state index in [1.54, 1.807) is 0 Å². The number of amides is 1. The van der Waals surface area contributed by atoms with Crippen LogP contribution in [0.5, 0.6) is 0 Å². The van der Waals surface area contributed by atoms with E-state index in [9.17, 15) is 9.18 Å². The molecule has 1 amide bonds. The molecule has 0 N–H and O–H groups in total. The summed E-state index contributed by atoms with van der Waals surface area (Å²) < 4.78 is 13.0. The number of carbonyl (C=O) groups excluding carboxylic acids is 1. The van der Waals surface area contributed by atoms with E-state index in [-0.39, 0.29) is 24.1 Å². The third kappa shape index (κ3) is 4.08. The summed E-state index contributed by atoms with van der Waals surface area (Å²) in [6.45, 7) is 4.57. The zero-order valence-corrected chi connectivity index (χ0v) is 15.6. The van der Waals surface area contributed by atoms with Gasteiger partial charge in [0.2, 0.25) is 0 Å². The van der Waals surface area contributed by atoms with Gasteiger partial charge in [-0.3, -0.25) is 9.69 Å². The van der Waals surface area contributed by atoms with Crippen LogP contribution in [0.15, 0.2) is 48.5 Å². The first-order valence-corrected chi connectivity index (χ1v) is 9.03. The Bertz CT molecular complexity index is 757. The molecule has 0 aromatic heterocycles. The molecule has 0 saturated carbocycles. The molecule has 2 aromatic carbocycles. The minimum Gasteiger partial charge on any atom is -0.334 e. The van der Waals surface area contributed by atoms with Crippen LogP contribution in [0.2, 0.25) is 0 Å². The van der Waals surface area contributed by atoms with Crippen LogP contribution in [-0.2, 0) is 13.1 Å². The second-order valence-electron chi connectivity index (χ2n) is 7.19. The lowest BCUT2D eigenvalue weighted by Crippen LogP contribution is -2.38. The molecular weight excluding hydrogens is 351 g/mol. The van der Waals surface area contributed by atoms with Gasteiger partial charge in [-0.05, 0) is 61.2 Å². The van der Waals surface area contributed by atoms with Crippen molar-refractivity contribution >= 4 is 18.3 Å². The molecule has 0 spiro atoms. The lowest BCUT2D eigenvalue weighted by Gasteiger charge is -2.33. The molecule has 4 rings (SSSR count). The Hall–Kier alpha value is -1.91. The number of benzene rings is 2. The number of hydrogen-bond acceptors (Lipinski definition) is 2. The van der Waals surface area contributed by atoms with Crippen molar-refractivity contribution in [1.82, 2.24) is 9.80 Å². The highest BCUT2D eigenvalue weighted by Crippen LogP contribution is 2.26. The predicted octanol–water partition coefficient (Wildman–Crippen LogP) is 4.12. The molecular formula is C21H24ClFN2O. The van der Waals surface area contributed by atoms with Gasteiger partial charge in [-0.15, -0.1) is 12.4 Å². The quantitative estimate of drug-likeness (QED) is 0.803. The summed E-state index contributed by atoms with van der Waals surface area (Å²) in [4.78, 5) is 16.9. The first-order valence-electron chi connectivity index (χ1n) is 9.03. The predicted molar refractivity (Wildman–Crippen MR) is 103 cm³/mol. The zero-order valence-electron chi connectivity index (χ0n) is 14.7. The summed E-state index contributed by atoms with van der Waals surface area (Å²) in [7, 11) is 0. The van der Waals surface area contributed by atoms with Gasteiger partial charge in [0.1, 0.15) is 5.82 Å². The molecule has 2 heterocycles. The molecule has 138 valence electrons. The van der Waals surface area contributed by atoms with Crippen molar-refractivity contribution in [2.45, 2.75) is 25.9 Å². The fourth-order valence-electron chi connectivity index (χ4n) is 3.95. The average Bonchev–Trinajstić information content (AvgIpc) is 2.95. The molecule has 2 aromatic rings. The number of nitrogens with zero attached hydrogens (tertiary/aromatic N) is 2. The third-order valence-corrected chi connectivity index (χ3v) is 5.40. The molecule has 0 unspecified atom stereocenters. The van der Waals surface area contributed by atoms with E-state index in [4.69, 9.17) is 0 Å². The van der Waals surface area contributed by atoms with Crippen molar-refractivity contribution in [3.05, 3.63) is 71.0 Å². The number of hydrogen-bond donors (Lipinski definition) is 0. The molecule has 3 nitrogen and oxygen atoms in total. The van der Waals surface area contributed by atoms with Crippen LogP contribution in [0.25, 0.3) is 0 Å². The molecule has 5 heteroatoms. The van der Waals surface area contributed by atoms with Crippen molar-refractivity contribution in [3.63, 3.8) is 0 Å². The van der Waals surface area contributed by atoms with Crippen molar-refractivity contribution in [2.24, 2.45) is 5.92 Å². The highest BCUT2D eigenvalue weighted by molar-refractivity contribution is 5.98. The first-order chi connectivity index (χ1) is 12.2. The van der Waals surface area contributed by atoms with Gasteiger partial charge in [-0.2, -0.15) is 0 Å². The van der Waals surface area contributed by atoms with E-state index in [1.165, 1.54) is 12.1 Å². The smallest absolute Gasteiger partial charge is 0.254 e. The number of fused-ring (bicyclic) bond motifs is 1. The van der Waals surface area contributed by atoms with Crippen LogP contribution in [0.1, 0.15) is 34.3 Å². The van der Waals surface area contributed by atoms with Gasteiger partial charge in [-0.25, -0.2) is 4.39 Å². The maximum atomic E-state index is 13.0. The van der Waals surface area contributed by atoms with E-state index >= 15 is 0 Å². The minimum absolute atomic E-state index is 0. The molecule has 0 atom stereocenters.